The number of amidine groups is 1. The van der Waals surface area contributed by atoms with Crippen LogP contribution < -0.4 is 5.73 Å². The van der Waals surface area contributed by atoms with Gasteiger partial charge in [0.05, 0.1) is 0 Å². The SMILES string of the molecule is NC(CCCCSc1ccc(F)cc1F)=NO. The molecule has 3 N–H and O–H groups in total. The zero-order valence-corrected chi connectivity index (χ0v) is 10.0. The van der Waals surface area contributed by atoms with Crippen LogP contribution in [0.4, 0.5) is 8.78 Å². The van der Waals surface area contributed by atoms with Crippen molar-refractivity contribution in [2.24, 2.45) is 10.9 Å². The van der Waals surface area contributed by atoms with Crippen molar-refractivity contribution < 1.29 is 14.0 Å². The molecule has 0 saturated heterocycles. The lowest BCUT2D eigenvalue weighted by Crippen LogP contribution is -2.10. The standard InChI is InChI=1S/C11H14F2N2OS/c12-8-4-5-10(9(13)7-8)17-6-2-1-3-11(14)15-16/h4-5,7,16H,1-3,6H2,(H2,14,15). The van der Waals surface area contributed by atoms with E-state index in [1.54, 1.807) is 0 Å². The molecule has 0 amide bonds. The van der Waals surface area contributed by atoms with Gasteiger partial charge in [0, 0.05) is 17.4 Å². The van der Waals surface area contributed by atoms with Crippen LogP contribution in [0.1, 0.15) is 19.3 Å². The minimum absolute atomic E-state index is 0.197. The van der Waals surface area contributed by atoms with Gasteiger partial charge in [-0.25, -0.2) is 8.78 Å². The highest BCUT2D eigenvalue weighted by Gasteiger charge is 2.04. The molecule has 0 aliphatic heterocycles. The van der Waals surface area contributed by atoms with Crippen LogP contribution in [0.5, 0.6) is 0 Å². The van der Waals surface area contributed by atoms with Gasteiger partial charge < -0.3 is 10.9 Å². The first-order chi connectivity index (χ1) is 8.13. The first kappa shape index (κ1) is 13.8. The fourth-order valence-electron chi connectivity index (χ4n) is 1.23. The van der Waals surface area contributed by atoms with E-state index in [9.17, 15) is 8.78 Å². The Morgan fingerprint density at radius 3 is 2.76 bits per heavy atom. The second kappa shape index (κ2) is 7.11. The zero-order valence-electron chi connectivity index (χ0n) is 9.20. The molecule has 0 atom stereocenters. The van der Waals surface area contributed by atoms with Crippen molar-refractivity contribution >= 4 is 17.6 Å². The highest BCUT2D eigenvalue weighted by molar-refractivity contribution is 7.99. The summed E-state index contributed by atoms with van der Waals surface area (Å²) in [6.07, 6.45) is 2.10. The Morgan fingerprint density at radius 1 is 1.35 bits per heavy atom. The van der Waals surface area contributed by atoms with Gasteiger partial charge in [-0.15, -0.1) is 11.8 Å². The molecule has 0 spiro atoms. The van der Waals surface area contributed by atoms with Gasteiger partial charge in [-0.3, -0.25) is 0 Å². The van der Waals surface area contributed by atoms with Gasteiger partial charge in [0.1, 0.15) is 17.5 Å². The number of hydrogen-bond donors (Lipinski definition) is 2. The fourth-order valence-corrected chi connectivity index (χ4v) is 2.16. The Bertz CT molecular complexity index is 399. The molecule has 0 unspecified atom stereocenters. The molecule has 0 radical (unpaired) electrons. The lowest BCUT2D eigenvalue weighted by Gasteiger charge is -2.03. The van der Waals surface area contributed by atoms with E-state index in [4.69, 9.17) is 10.9 Å². The molecule has 1 aromatic carbocycles. The summed E-state index contributed by atoms with van der Waals surface area (Å²) in [5.74, 6) is -0.200. The largest absolute Gasteiger partial charge is 0.409 e. The summed E-state index contributed by atoms with van der Waals surface area (Å²) in [5.41, 5.74) is 5.30. The van der Waals surface area contributed by atoms with Crippen LogP contribution in [0.25, 0.3) is 0 Å². The van der Waals surface area contributed by atoms with Crippen molar-refractivity contribution in [2.45, 2.75) is 24.2 Å². The molecule has 0 heterocycles. The lowest BCUT2D eigenvalue weighted by molar-refractivity contribution is 0.316. The molecule has 0 aliphatic carbocycles. The van der Waals surface area contributed by atoms with E-state index in [0.29, 0.717) is 17.1 Å². The molecular formula is C11H14F2N2OS. The number of unbranched alkanes of at least 4 members (excludes halogenated alkanes) is 1. The predicted octanol–water partition coefficient (Wildman–Crippen LogP) is 2.97. The van der Waals surface area contributed by atoms with Crippen LogP contribution in [0.15, 0.2) is 28.3 Å². The summed E-state index contributed by atoms with van der Waals surface area (Å²) < 4.78 is 25.8. The van der Waals surface area contributed by atoms with Gasteiger partial charge in [-0.2, -0.15) is 0 Å². The lowest BCUT2D eigenvalue weighted by atomic mass is 10.2. The number of benzene rings is 1. The van der Waals surface area contributed by atoms with Crippen LogP contribution in [-0.2, 0) is 0 Å². The molecule has 3 nitrogen and oxygen atoms in total. The van der Waals surface area contributed by atoms with E-state index in [-0.39, 0.29) is 5.84 Å². The minimum Gasteiger partial charge on any atom is -0.409 e. The van der Waals surface area contributed by atoms with Gasteiger partial charge in [0.15, 0.2) is 0 Å². The molecule has 0 saturated carbocycles. The minimum atomic E-state index is -0.571. The Labute approximate surface area is 103 Å². The normalized spacial score (nSPS) is 11.8. The molecule has 1 rings (SSSR count). The maximum absolute atomic E-state index is 13.2. The van der Waals surface area contributed by atoms with Gasteiger partial charge in [0.25, 0.3) is 0 Å². The van der Waals surface area contributed by atoms with Crippen LogP contribution >= 0.6 is 11.8 Å². The molecule has 17 heavy (non-hydrogen) atoms. The first-order valence-electron chi connectivity index (χ1n) is 5.17. The Hall–Kier alpha value is -1.30. The second-order valence-electron chi connectivity index (χ2n) is 3.47. The van der Waals surface area contributed by atoms with Gasteiger partial charge in [-0.1, -0.05) is 5.16 Å². The Kier molecular flexibility index (Phi) is 5.76. The molecule has 6 heteroatoms. The second-order valence-corrected chi connectivity index (χ2v) is 4.61. The third-order valence-corrected chi connectivity index (χ3v) is 3.24. The third-order valence-electron chi connectivity index (χ3n) is 2.11. The van der Waals surface area contributed by atoms with E-state index >= 15 is 0 Å². The summed E-state index contributed by atoms with van der Waals surface area (Å²) in [6.45, 7) is 0. The Morgan fingerprint density at radius 2 is 2.12 bits per heavy atom. The van der Waals surface area contributed by atoms with Crippen LogP contribution in [0.3, 0.4) is 0 Å². The van der Waals surface area contributed by atoms with Crippen molar-refractivity contribution in [2.75, 3.05) is 5.75 Å². The first-order valence-corrected chi connectivity index (χ1v) is 6.16. The van der Waals surface area contributed by atoms with E-state index in [1.165, 1.54) is 23.9 Å². The van der Waals surface area contributed by atoms with Crippen LogP contribution in [0.2, 0.25) is 0 Å². The molecular weight excluding hydrogens is 246 g/mol. The van der Waals surface area contributed by atoms with Crippen LogP contribution in [0, 0.1) is 11.6 Å². The number of nitrogens with two attached hydrogens (primary N) is 1. The average molecular weight is 260 g/mol. The van der Waals surface area contributed by atoms with E-state index in [0.717, 1.165) is 18.9 Å². The van der Waals surface area contributed by atoms with Gasteiger partial charge in [0.2, 0.25) is 0 Å². The predicted molar refractivity (Wildman–Crippen MR) is 64.3 cm³/mol. The fraction of sp³-hybridized carbons (Fsp3) is 0.364. The molecule has 0 bridgehead atoms. The summed E-state index contributed by atoms with van der Waals surface area (Å²) in [6, 6.07) is 3.54. The van der Waals surface area contributed by atoms with E-state index < -0.39 is 11.6 Å². The van der Waals surface area contributed by atoms with Crippen molar-refractivity contribution in [1.29, 1.82) is 0 Å². The molecule has 94 valence electrons. The maximum Gasteiger partial charge on any atom is 0.139 e. The summed E-state index contributed by atoms with van der Waals surface area (Å²) in [4.78, 5) is 0.440. The Balaban J connectivity index is 2.27. The zero-order chi connectivity index (χ0) is 12.7. The maximum atomic E-state index is 13.2. The molecule has 0 fully saturated rings. The average Bonchev–Trinajstić information content (AvgIpc) is 2.30. The van der Waals surface area contributed by atoms with E-state index in [1.807, 2.05) is 0 Å². The van der Waals surface area contributed by atoms with Crippen molar-refractivity contribution in [1.82, 2.24) is 0 Å². The summed E-state index contributed by atoms with van der Waals surface area (Å²) >= 11 is 1.33. The molecule has 0 aromatic heterocycles. The number of halogens is 2. The number of oxime groups is 1. The van der Waals surface area contributed by atoms with Crippen molar-refractivity contribution in [3.8, 4) is 0 Å². The van der Waals surface area contributed by atoms with E-state index in [2.05, 4.69) is 5.16 Å². The van der Waals surface area contributed by atoms with Crippen molar-refractivity contribution in [3.05, 3.63) is 29.8 Å². The highest BCUT2D eigenvalue weighted by atomic mass is 32.2. The summed E-state index contributed by atoms with van der Waals surface area (Å²) in [5, 5.41) is 11.2. The molecule has 1 aromatic rings. The third kappa shape index (κ3) is 5.04. The number of nitrogens with zero attached hydrogens (tertiary/aromatic N) is 1. The number of rotatable bonds is 6. The highest BCUT2D eigenvalue weighted by Crippen LogP contribution is 2.23. The number of thioether (sulfide) groups is 1. The monoisotopic (exact) mass is 260 g/mol. The molecule has 0 aliphatic rings. The van der Waals surface area contributed by atoms with Crippen LogP contribution in [-0.4, -0.2) is 16.8 Å². The quantitative estimate of drug-likeness (QED) is 0.206. The smallest absolute Gasteiger partial charge is 0.139 e. The summed E-state index contributed by atoms with van der Waals surface area (Å²) in [7, 11) is 0. The van der Waals surface area contributed by atoms with Gasteiger partial charge >= 0.3 is 0 Å². The van der Waals surface area contributed by atoms with Gasteiger partial charge in [-0.05, 0) is 30.7 Å². The van der Waals surface area contributed by atoms with Crippen molar-refractivity contribution in [3.63, 3.8) is 0 Å². The number of hydrogen-bond acceptors (Lipinski definition) is 3. The topological polar surface area (TPSA) is 58.6 Å².